The summed E-state index contributed by atoms with van der Waals surface area (Å²) in [4.78, 5) is 13.1. The molecule has 1 amide bonds. The highest BCUT2D eigenvalue weighted by molar-refractivity contribution is 7.91. The zero-order chi connectivity index (χ0) is 23.8. The summed E-state index contributed by atoms with van der Waals surface area (Å²) < 4.78 is 57.6. The van der Waals surface area contributed by atoms with Gasteiger partial charge in [0.1, 0.15) is 11.6 Å². The van der Waals surface area contributed by atoms with E-state index in [0.717, 1.165) is 0 Å². The van der Waals surface area contributed by atoms with Crippen molar-refractivity contribution in [2.45, 2.75) is 37.1 Å². The van der Waals surface area contributed by atoms with E-state index < -0.39 is 19.9 Å². The minimum atomic E-state index is -3.65. The number of ether oxygens (including phenoxy) is 1. The molecule has 12 heteroatoms. The van der Waals surface area contributed by atoms with Crippen LogP contribution in [0.5, 0.6) is 5.75 Å². The van der Waals surface area contributed by atoms with Crippen molar-refractivity contribution in [2.75, 3.05) is 37.0 Å². The summed E-state index contributed by atoms with van der Waals surface area (Å²) >= 11 is 0. The average Bonchev–Trinajstić information content (AvgIpc) is 3.34. The number of sulfone groups is 1. The number of methoxy groups -OCH3 is 1. The second-order valence-electron chi connectivity index (χ2n) is 8.52. The molecule has 4 rings (SSSR count). The number of piperidine rings is 1. The van der Waals surface area contributed by atoms with Crippen molar-refractivity contribution in [1.29, 1.82) is 0 Å². The fraction of sp³-hybridized carbons (Fsp3) is 0.524. The van der Waals surface area contributed by atoms with Gasteiger partial charge in [-0.05, 0) is 50.5 Å². The quantitative estimate of drug-likeness (QED) is 0.643. The highest BCUT2D eigenvalue weighted by Crippen LogP contribution is 2.29. The minimum Gasteiger partial charge on any atom is -0.497 e. The van der Waals surface area contributed by atoms with Crippen molar-refractivity contribution in [3.63, 3.8) is 0 Å². The average molecular weight is 497 g/mol. The maximum Gasteiger partial charge on any atom is 0.243 e. The topological polar surface area (TPSA) is 128 Å². The summed E-state index contributed by atoms with van der Waals surface area (Å²) in [5, 5.41) is 7.28. The van der Waals surface area contributed by atoms with Gasteiger partial charge in [-0.15, -0.1) is 0 Å². The molecule has 1 aromatic carbocycles. The summed E-state index contributed by atoms with van der Waals surface area (Å²) in [6.45, 7) is 2.27. The number of anilines is 1. The third kappa shape index (κ3) is 5.07. The van der Waals surface area contributed by atoms with E-state index in [1.165, 1.54) is 23.5 Å². The lowest BCUT2D eigenvalue weighted by Crippen LogP contribution is -2.41. The first kappa shape index (κ1) is 23.7. The Balaban J connectivity index is 1.39. The molecule has 0 spiro atoms. The first-order valence-corrected chi connectivity index (χ1v) is 14.1. The molecule has 2 aliphatic rings. The maximum absolute atomic E-state index is 12.9. The van der Waals surface area contributed by atoms with Gasteiger partial charge in [-0.3, -0.25) is 4.79 Å². The van der Waals surface area contributed by atoms with E-state index in [9.17, 15) is 21.6 Å². The van der Waals surface area contributed by atoms with Gasteiger partial charge in [-0.1, -0.05) is 0 Å². The normalized spacial score (nSPS) is 21.7. The van der Waals surface area contributed by atoms with E-state index in [2.05, 4.69) is 10.4 Å². The monoisotopic (exact) mass is 496 g/mol. The molecular formula is C21H28N4O6S2. The highest BCUT2D eigenvalue weighted by atomic mass is 32.2. The molecule has 1 aromatic heterocycles. The van der Waals surface area contributed by atoms with Crippen LogP contribution < -0.4 is 10.1 Å². The Bertz CT molecular complexity index is 1230. The highest BCUT2D eigenvalue weighted by Gasteiger charge is 2.34. The molecule has 2 saturated heterocycles. The van der Waals surface area contributed by atoms with Gasteiger partial charge < -0.3 is 10.1 Å². The number of sulfonamides is 1. The van der Waals surface area contributed by atoms with Crippen LogP contribution in [0.3, 0.4) is 0 Å². The summed E-state index contributed by atoms with van der Waals surface area (Å²) in [6.07, 6.45) is 1.26. The molecule has 33 heavy (non-hydrogen) atoms. The molecule has 1 N–H and O–H groups in total. The van der Waals surface area contributed by atoms with Gasteiger partial charge in [0.15, 0.2) is 9.84 Å². The van der Waals surface area contributed by atoms with Crippen molar-refractivity contribution >= 4 is 31.6 Å². The molecule has 10 nitrogen and oxygen atoms in total. The summed E-state index contributed by atoms with van der Waals surface area (Å²) in [6, 6.07) is 7.67. The number of hydrogen-bond acceptors (Lipinski definition) is 7. The van der Waals surface area contributed by atoms with Gasteiger partial charge >= 0.3 is 0 Å². The zero-order valence-corrected chi connectivity index (χ0v) is 20.2. The molecule has 0 aliphatic carbocycles. The van der Waals surface area contributed by atoms with Gasteiger partial charge in [0.05, 0.1) is 35.2 Å². The van der Waals surface area contributed by atoms with Crippen molar-refractivity contribution in [3.05, 3.63) is 36.0 Å². The van der Waals surface area contributed by atoms with Gasteiger partial charge in [0, 0.05) is 25.1 Å². The molecule has 0 bridgehead atoms. The Hall–Kier alpha value is -2.44. The standard InChI is InChI=1S/C21H28N4O6S2/c1-15-13-20(25(23-15)17-9-12-32(27,28)14-17)22-21(26)16-7-10-24(11-8-16)33(29,30)19-5-3-18(31-2)4-6-19/h3-6,13,16-17H,7-12,14H2,1-2H3,(H,22,26). The Kier molecular flexibility index (Phi) is 6.52. The van der Waals surface area contributed by atoms with Crippen LogP contribution in [0.15, 0.2) is 35.2 Å². The van der Waals surface area contributed by atoms with Crippen molar-refractivity contribution in [2.24, 2.45) is 5.92 Å². The Labute approximate surface area is 193 Å². The van der Waals surface area contributed by atoms with Crippen LogP contribution in [0.2, 0.25) is 0 Å². The minimum absolute atomic E-state index is 0.0125. The molecule has 0 saturated carbocycles. The molecule has 0 radical (unpaired) electrons. The SMILES string of the molecule is COc1ccc(S(=O)(=O)N2CCC(C(=O)Nc3cc(C)nn3C3CCS(=O)(=O)C3)CC2)cc1. The van der Waals surface area contributed by atoms with Gasteiger partial charge in [-0.25, -0.2) is 21.5 Å². The fourth-order valence-electron chi connectivity index (χ4n) is 4.34. The Morgan fingerprint density at radius 3 is 2.39 bits per heavy atom. The Morgan fingerprint density at radius 2 is 1.82 bits per heavy atom. The van der Waals surface area contributed by atoms with Crippen LogP contribution in [-0.2, 0) is 24.7 Å². The third-order valence-corrected chi connectivity index (χ3v) is 9.85. The van der Waals surface area contributed by atoms with Gasteiger partial charge in [-0.2, -0.15) is 9.40 Å². The number of aromatic nitrogens is 2. The van der Waals surface area contributed by atoms with E-state index in [1.807, 2.05) is 0 Å². The number of hydrogen-bond donors (Lipinski definition) is 1. The predicted molar refractivity (Wildman–Crippen MR) is 122 cm³/mol. The number of amides is 1. The van der Waals surface area contributed by atoms with E-state index in [4.69, 9.17) is 4.74 Å². The number of aryl methyl sites for hydroxylation is 1. The molecular weight excluding hydrogens is 468 g/mol. The second-order valence-corrected chi connectivity index (χ2v) is 12.7. The number of benzene rings is 1. The summed E-state index contributed by atoms with van der Waals surface area (Å²) in [5.74, 6) is 0.632. The maximum atomic E-state index is 12.9. The van der Waals surface area contributed by atoms with E-state index >= 15 is 0 Å². The first-order chi connectivity index (χ1) is 15.6. The van der Waals surface area contributed by atoms with Crippen LogP contribution >= 0.6 is 0 Å². The number of carbonyl (C=O) groups excluding carboxylic acids is 1. The van der Waals surface area contributed by atoms with Crippen molar-refractivity contribution < 1.29 is 26.4 Å². The third-order valence-electron chi connectivity index (χ3n) is 6.19. The van der Waals surface area contributed by atoms with Crippen LogP contribution in [0.4, 0.5) is 5.82 Å². The smallest absolute Gasteiger partial charge is 0.243 e. The second kappa shape index (κ2) is 9.07. The number of nitrogens with one attached hydrogen (secondary N) is 1. The number of carbonyl (C=O) groups is 1. The molecule has 1 atom stereocenters. The lowest BCUT2D eigenvalue weighted by atomic mass is 9.97. The van der Waals surface area contributed by atoms with Crippen LogP contribution in [-0.4, -0.2) is 68.5 Å². The van der Waals surface area contributed by atoms with E-state index in [1.54, 1.807) is 29.8 Å². The lowest BCUT2D eigenvalue weighted by molar-refractivity contribution is -0.121. The first-order valence-electron chi connectivity index (χ1n) is 10.8. The largest absolute Gasteiger partial charge is 0.497 e. The summed E-state index contributed by atoms with van der Waals surface area (Å²) in [7, 11) is -5.22. The van der Waals surface area contributed by atoms with E-state index in [-0.39, 0.29) is 47.4 Å². The molecule has 2 aliphatic heterocycles. The number of rotatable bonds is 6. The van der Waals surface area contributed by atoms with Gasteiger partial charge in [0.25, 0.3) is 0 Å². The zero-order valence-electron chi connectivity index (χ0n) is 18.6. The predicted octanol–water partition coefficient (Wildman–Crippen LogP) is 1.60. The molecule has 2 aromatic rings. The van der Waals surface area contributed by atoms with Crippen LogP contribution in [0, 0.1) is 12.8 Å². The molecule has 3 heterocycles. The van der Waals surface area contributed by atoms with Crippen molar-refractivity contribution in [3.8, 4) is 5.75 Å². The molecule has 180 valence electrons. The van der Waals surface area contributed by atoms with Crippen LogP contribution in [0.25, 0.3) is 0 Å². The molecule has 2 fully saturated rings. The van der Waals surface area contributed by atoms with Gasteiger partial charge in [0.2, 0.25) is 15.9 Å². The van der Waals surface area contributed by atoms with E-state index in [0.29, 0.717) is 36.5 Å². The summed E-state index contributed by atoms with van der Waals surface area (Å²) in [5.41, 5.74) is 0.690. The Morgan fingerprint density at radius 1 is 1.15 bits per heavy atom. The fourth-order valence-corrected chi connectivity index (χ4v) is 7.50. The molecule has 1 unspecified atom stereocenters. The number of nitrogens with zero attached hydrogens (tertiary/aromatic N) is 3. The van der Waals surface area contributed by atoms with Crippen LogP contribution in [0.1, 0.15) is 31.0 Å². The lowest BCUT2D eigenvalue weighted by Gasteiger charge is -2.30. The van der Waals surface area contributed by atoms with Crippen molar-refractivity contribution in [1.82, 2.24) is 14.1 Å².